The molecule has 6 aromatic carbocycles. The van der Waals surface area contributed by atoms with Crippen LogP contribution in [0.5, 0.6) is 0 Å². The summed E-state index contributed by atoms with van der Waals surface area (Å²) < 4.78 is 128. The smallest absolute Gasteiger partial charge is 0.186 e. The Morgan fingerprint density at radius 1 is 0.333 bits per heavy atom. The summed E-state index contributed by atoms with van der Waals surface area (Å²) in [6.45, 7) is 3.36. The van der Waals surface area contributed by atoms with E-state index in [0.717, 1.165) is 9.80 Å². The number of aryl methyl sites for hydroxylation is 2. The van der Waals surface area contributed by atoms with Gasteiger partial charge in [0.15, 0.2) is 46.5 Å². The SMILES string of the molecule is Cc1cccc(N(c2ccccc2)c2c(F)c(F)c(-c3c(F)c(F)c(N(c4ccccc4)c4cccc(C)c4)c(F)c3F)c(F)c2F)c1. The highest BCUT2D eigenvalue weighted by Gasteiger charge is 2.37. The van der Waals surface area contributed by atoms with Gasteiger partial charge >= 0.3 is 0 Å². The molecular formula is C38H24F8N2. The zero-order chi connectivity index (χ0) is 34.3. The Hall–Kier alpha value is -5.64. The maximum Gasteiger partial charge on any atom is 0.186 e. The van der Waals surface area contributed by atoms with Gasteiger partial charge in [0.05, 0.1) is 11.1 Å². The quantitative estimate of drug-likeness (QED) is 0.124. The van der Waals surface area contributed by atoms with Gasteiger partial charge < -0.3 is 9.80 Å². The molecule has 0 bridgehead atoms. The van der Waals surface area contributed by atoms with Crippen molar-refractivity contribution in [2.45, 2.75) is 13.8 Å². The number of para-hydroxylation sites is 2. The summed E-state index contributed by atoms with van der Waals surface area (Å²) in [5, 5.41) is 0. The van der Waals surface area contributed by atoms with Crippen LogP contribution >= 0.6 is 0 Å². The summed E-state index contributed by atoms with van der Waals surface area (Å²) in [5.74, 6) is -17.3. The molecule has 0 amide bonds. The van der Waals surface area contributed by atoms with Gasteiger partial charge in [-0.05, 0) is 73.5 Å². The largest absolute Gasteiger partial charge is 0.305 e. The number of benzene rings is 6. The van der Waals surface area contributed by atoms with E-state index in [1.807, 2.05) is 0 Å². The molecule has 0 saturated carbocycles. The van der Waals surface area contributed by atoms with Crippen LogP contribution in [0.15, 0.2) is 109 Å². The summed E-state index contributed by atoms with van der Waals surface area (Å²) in [7, 11) is 0. The van der Waals surface area contributed by atoms with Gasteiger partial charge in [-0.3, -0.25) is 0 Å². The van der Waals surface area contributed by atoms with Gasteiger partial charge in [0, 0.05) is 22.7 Å². The standard InChI is InChI=1S/C38H24F8N2/c1-21-11-9-17-25(19-21)47(23-13-5-3-6-14-23)37-33(43)29(39)27(30(40)34(37)44)28-31(41)35(45)38(36(46)32(28)42)48(24-15-7-4-8-16-24)26-18-10-12-22(2)20-26/h3-20H,1-2H3. The molecule has 10 heteroatoms. The van der Waals surface area contributed by atoms with Gasteiger partial charge in [-0.1, -0.05) is 60.7 Å². The van der Waals surface area contributed by atoms with Crippen LogP contribution in [0.1, 0.15) is 11.1 Å². The zero-order valence-electron chi connectivity index (χ0n) is 25.3. The van der Waals surface area contributed by atoms with Crippen molar-refractivity contribution < 1.29 is 35.1 Å². The van der Waals surface area contributed by atoms with Gasteiger partial charge in [-0.2, -0.15) is 0 Å². The monoisotopic (exact) mass is 660 g/mol. The second kappa shape index (κ2) is 12.9. The number of rotatable bonds is 7. The van der Waals surface area contributed by atoms with Crippen LogP contribution in [-0.2, 0) is 0 Å². The van der Waals surface area contributed by atoms with E-state index in [-0.39, 0.29) is 22.7 Å². The maximum absolute atomic E-state index is 16.0. The van der Waals surface area contributed by atoms with Gasteiger partial charge in [-0.15, -0.1) is 0 Å². The number of nitrogens with zero attached hydrogens (tertiary/aromatic N) is 2. The van der Waals surface area contributed by atoms with Gasteiger partial charge in [0.2, 0.25) is 0 Å². The summed E-state index contributed by atoms with van der Waals surface area (Å²) in [6.07, 6.45) is 0. The summed E-state index contributed by atoms with van der Waals surface area (Å²) in [5.41, 5.74) is -4.76. The zero-order valence-corrected chi connectivity index (χ0v) is 25.3. The lowest BCUT2D eigenvalue weighted by atomic mass is 9.98. The van der Waals surface area contributed by atoms with Crippen LogP contribution < -0.4 is 9.80 Å². The van der Waals surface area contributed by atoms with E-state index in [9.17, 15) is 0 Å². The Labute approximate surface area is 270 Å². The maximum atomic E-state index is 16.0. The van der Waals surface area contributed by atoms with Crippen LogP contribution in [0.4, 0.5) is 69.2 Å². The van der Waals surface area contributed by atoms with Crippen molar-refractivity contribution in [3.63, 3.8) is 0 Å². The Kier molecular flexibility index (Phi) is 8.66. The lowest BCUT2D eigenvalue weighted by Crippen LogP contribution is -2.19. The predicted molar refractivity (Wildman–Crippen MR) is 170 cm³/mol. The average Bonchev–Trinajstić information content (AvgIpc) is 3.09. The molecule has 0 aromatic heterocycles. The van der Waals surface area contributed by atoms with Crippen molar-refractivity contribution in [1.29, 1.82) is 0 Å². The number of halogens is 8. The molecule has 48 heavy (non-hydrogen) atoms. The molecule has 2 nitrogen and oxygen atoms in total. The first kappa shape index (κ1) is 32.3. The third-order valence-electron chi connectivity index (χ3n) is 7.73. The molecule has 0 spiro atoms. The Morgan fingerprint density at radius 2 is 0.625 bits per heavy atom. The average molecular weight is 661 g/mol. The minimum atomic E-state index is -2.26. The minimum Gasteiger partial charge on any atom is -0.305 e. The van der Waals surface area contributed by atoms with E-state index in [2.05, 4.69) is 0 Å². The van der Waals surface area contributed by atoms with E-state index in [4.69, 9.17) is 0 Å². The normalized spacial score (nSPS) is 11.1. The van der Waals surface area contributed by atoms with E-state index < -0.39 is 69.0 Å². The lowest BCUT2D eigenvalue weighted by Gasteiger charge is -2.28. The molecule has 0 fully saturated rings. The molecule has 6 aromatic rings. The third kappa shape index (κ3) is 5.53. The number of hydrogen-bond donors (Lipinski definition) is 0. The fraction of sp³-hybridized carbons (Fsp3) is 0.0526. The highest BCUT2D eigenvalue weighted by atomic mass is 19.2. The lowest BCUT2D eigenvalue weighted by molar-refractivity contribution is 0.444. The Balaban J connectivity index is 1.60. The molecule has 0 heterocycles. The molecule has 0 atom stereocenters. The van der Waals surface area contributed by atoms with Crippen LogP contribution in [-0.4, -0.2) is 0 Å². The summed E-state index contributed by atoms with van der Waals surface area (Å²) in [4.78, 5) is 1.76. The van der Waals surface area contributed by atoms with E-state index in [1.165, 1.54) is 72.8 Å². The van der Waals surface area contributed by atoms with Crippen molar-refractivity contribution in [1.82, 2.24) is 0 Å². The van der Waals surface area contributed by atoms with Crippen LogP contribution in [0, 0.1) is 60.4 Å². The van der Waals surface area contributed by atoms with Gasteiger partial charge in [0.1, 0.15) is 11.4 Å². The third-order valence-corrected chi connectivity index (χ3v) is 7.73. The highest BCUT2D eigenvalue weighted by Crippen LogP contribution is 2.47. The molecule has 0 radical (unpaired) electrons. The second-order valence-electron chi connectivity index (χ2n) is 11.0. The first-order valence-corrected chi connectivity index (χ1v) is 14.6. The molecule has 0 aliphatic heterocycles. The molecule has 0 N–H and O–H groups in total. The highest BCUT2D eigenvalue weighted by molar-refractivity contribution is 5.83. The molecule has 0 saturated heterocycles. The number of anilines is 6. The van der Waals surface area contributed by atoms with Crippen LogP contribution in [0.25, 0.3) is 11.1 Å². The fourth-order valence-corrected chi connectivity index (χ4v) is 5.57. The Morgan fingerprint density at radius 3 is 0.917 bits per heavy atom. The molecule has 0 unspecified atom stereocenters. The van der Waals surface area contributed by atoms with Crippen molar-refractivity contribution in [3.8, 4) is 11.1 Å². The number of hydrogen-bond acceptors (Lipinski definition) is 2. The van der Waals surface area contributed by atoms with Crippen LogP contribution in [0.3, 0.4) is 0 Å². The van der Waals surface area contributed by atoms with Gasteiger partial charge in [0.25, 0.3) is 0 Å². The van der Waals surface area contributed by atoms with Crippen molar-refractivity contribution in [2.24, 2.45) is 0 Å². The Bertz CT molecular complexity index is 1940. The molecule has 242 valence electrons. The molecule has 6 rings (SSSR count). The topological polar surface area (TPSA) is 6.48 Å². The molecular weight excluding hydrogens is 636 g/mol. The van der Waals surface area contributed by atoms with Gasteiger partial charge in [-0.25, -0.2) is 35.1 Å². The van der Waals surface area contributed by atoms with E-state index >= 15 is 35.1 Å². The first-order valence-electron chi connectivity index (χ1n) is 14.6. The molecule has 0 aliphatic carbocycles. The minimum absolute atomic E-state index is 0.0865. The van der Waals surface area contributed by atoms with Crippen molar-refractivity contribution in [2.75, 3.05) is 9.80 Å². The van der Waals surface area contributed by atoms with E-state index in [0.29, 0.717) is 11.1 Å². The fourth-order valence-electron chi connectivity index (χ4n) is 5.57. The first-order chi connectivity index (χ1) is 23.0. The summed E-state index contributed by atoms with van der Waals surface area (Å²) >= 11 is 0. The second-order valence-corrected chi connectivity index (χ2v) is 11.0. The summed E-state index contributed by atoms with van der Waals surface area (Å²) in [6, 6.07) is 27.2. The molecule has 0 aliphatic rings. The van der Waals surface area contributed by atoms with Crippen LogP contribution in [0.2, 0.25) is 0 Å². The van der Waals surface area contributed by atoms with E-state index in [1.54, 1.807) is 50.2 Å². The van der Waals surface area contributed by atoms with Crippen molar-refractivity contribution in [3.05, 3.63) is 167 Å². The van der Waals surface area contributed by atoms with Crippen molar-refractivity contribution >= 4 is 34.1 Å². The predicted octanol–water partition coefficient (Wildman–Crippen LogP) is 12.0.